The molecular formula is C16H16BrClFN. The van der Waals surface area contributed by atoms with Gasteiger partial charge in [0.25, 0.3) is 0 Å². The zero-order valence-corrected chi connectivity index (χ0v) is 13.7. The Bertz CT molecular complexity index is 603. The van der Waals surface area contributed by atoms with Crippen molar-refractivity contribution in [3.05, 3.63) is 68.9 Å². The molecule has 0 aliphatic heterocycles. The molecule has 0 spiro atoms. The molecule has 4 heteroatoms. The molecule has 0 aliphatic carbocycles. The monoisotopic (exact) mass is 355 g/mol. The molecule has 0 saturated heterocycles. The second-order valence-corrected chi connectivity index (χ2v) is 6.12. The molecule has 0 fully saturated rings. The van der Waals surface area contributed by atoms with Gasteiger partial charge in [0, 0.05) is 21.6 Å². The van der Waals surface area contributed by atoms with Gasteiger partial charge in [-0.1, -0.05) is 45.7 Å². The van der Waals surface area contributed by atoms with Gasteiger partial charge in [-0.2, -0.15) is 0 Å². The van der Waals surface area contributed by atoms with Gasteiger partial charge in [-0.25, -0.2) is 4.39 Å². The number of halogens is 3. The van der Waals surface area contributed by atoms with Crippen LogP contribution in [0.25, 0.3) is 0 Å². The number of benzene rings is 2. The van der Waals surface area contributed by atoms with Crippen LogP contribution in [-0.4, -0.2) is 0 Å². The zero-order valence-electron chi connectivity index (χ0n) is 11.3. The Morgan fingerprint density at radius 2 is 1.85 bits per heavy atom. The zero-order chi connectivity index (χ0) is 14.7. The van der Waals surface area contributed by atoms with Gasteiger partial charge in [-0.05, 0) is 49.2 Å². The predicted octanol–water partition coefficient (Wildman–Crippen LogP) is 5.65. The maximum atomic E-state index is 13.1. The average molecular weight is 357 g/mol. The molecule has 2 aromatic carbocycles. The summed E-state index contributed by atoms with van der Waals surface area (Å²) >= 11 is 9.41. The molecule has 0 aliphatic rings. The third-order valence-electron chi connectivity index (χ3n) is 3.28. The Morgan fingerprint density at radius 3 is 2.50 bits per heavy atom. The van der Waals surface area contributed by atoms with Gasteiger partial charge in [0.2, 0.25) is 0 Å². The van der Waals surface area contributed by atoms with Crippen LogP contribution in [-0.2, 0) is 0 Å². The Morgan fingerprint density at radius 1 is 1.10 bits per heavy atom. The molecular weight excluding hydrogens is 341 g/mol. The molecule has 1 nitrogen and oxygen atoms in total. The highest BCUT2D eigenvalue weighted by Gasteiger charge is 2.14. The highest BCUT2D eigenvalue weighted by molar-refractivity contribution is 9.10. The van der Waals surface area contributed by atoms with E-state index in [-0.39, 0.29) is 17.9 Å². The molecule has 0 radical (unpaired) electrons. The summed E-state index contributed by atoms with van der Waals surface area (Å²) in [4.78, 5) is 0. The molecule has 106 valence electrons. The summed E-state index contributed by atoms with van der Waals surface area (Å²) in [6, 6.07) is 12.8. The lowest BCUT2D eigenvalue weighted by Gasteiger charge is -2.22. The predicted molar refractivity (Wildman–Crippen MR) is 85.5 cm³/mol. The van der Waals surface area contributed by atoms with Crippen molar-refractivity contribution in [1.82, 2.24) is 5.32 Å². The Balaban J connectivity index is 2.12. The normalized spacial score (nSPS) is 14.1. The van der Waals surface area contributed by atoms with Crippen molar-refractivity contribution in [2.45, 2.75) is 25.9 Å². The van der Waals surface area contributed by atoms with E-state index in [4.69, 9.17) is 11.6 Å². The van der Waals surface area contributed by atoms with Gasteiger partial charge in [0.1, 0.15) is 5.82 Å². The van der Waals surface area contributed by atoms with Crippen molar-refractivity contribution >= 4 is 27.5 Å². The van der Waals surface area contributed by atoms with Gasteiger partial charge in [0.15, 0.2) is 0 Å². The Labute approximate surface area is 132 Å². The lowest BCUT2D eigenvalue weighted by molar-refractivity contribution is 0.492. The fourth-order valence-electron chi connectivity index (χ4n) is 2.19. The molecule has 0 amide bonds. The first-order valence-corrected chi connectivity index (χ1v) is 7.61. The van der Waals surface area contributed by atoms with Gasteiger partial charge in [0.05, 0.1) is 0 Å². The minimum absolute atomic E-state index is 0.0963. The summed E-state index contributed by atoms with van der Waals surface area (Å²) in [7, 11) is 0. The third kappa shape index (κ3) is 3.81. The van der Waals surface area contributed by atoms with E-state index in [1.165, 1.54) is 12.1 Å². The highest BCUT2D eigenvalue weighted by Crippen LogP contribution is 2.27. The van der Waals surface area contributed by atoms with E-state index < -0.39 is 0 Å². The molecule has 1 N–H and O–H groups in total. The van der Waals surface area contributed by atoms with E-state index in [1.807, 2.05) is 24.3 Å². The number of nitrogens with one attached hydrogen (secondary N) is 1. The van der Waals surface area contributed by atoms with Crippen molar-refractivity contribution < 1.29 is 4.39 Å². The molecule has 0 aromatic heterocycles. The third-order valence-corrected chi connectivity index (χ3v) is 4.20. The summed E-state index contributed by atoms with van der Waals surface area (Å²) in [6.07, 6.45) is 0. The minimum Gasteiger partial charge on any atom is -0.304 e. The van der Waals surface area contributed by atoms with Crippen molar-refractivity contribution in [2.75, 3.05) is 0 Å². The van der Waals surface area contributed by atoms with Crippen molar-refractivity contribution in [2.24, 2.45) is 0 Å². The Kier molecular flexibility index (Phi) is 5.19. The largest absolute Gasteiger partial charge is 0.304 e. The first kappa shape index (κ1) is 15.5. The molecule has 2 unspecified atom stereocenters. The minimum atomic E-state index is -0.240. The number of hydrogen-bond donors (Lipinski definition) is 1. The van der Waals surface area contributed by atoms with E-state index in [0.29, 0.717) is 0 Å². The van der Waals surface area contributed by atoms with Crippen LogP contribution in [0.1, 0.15) is 37.1 Å². The van der Waals surface area contributed by atoms with Crippen LogP contribution in [0.4, 0.5) is 4.39 Å². The summed E-state index contributed by atoms with van der Waals surface area (Å²) in [5.41, 5.74) is 2.16. The van der Waals surface area contributed by atoms with Crippen LogP contribution in [0.15, 0.2) is 46.9 Å². The molecule has 0 bridgehead atoms. The fourth-order valence-corrected chi connectivity index (χ4v) is 3.08. The van der Waals surface area contributed by atoms with E-state index in [0.717, 1.165) is 20.6 Å². The molecule has 2 aromatic rings. The molecule has 20 heavy (non-hydrogen) atoms. The van der Waals surface area contributed by atoms with Crippen LogP contribution < -0.4 is 5.32 Å². The smallest absolute Gasteiger partial charge is 0.124 e. The second-order valence-electron chi connectivity index (χ2n) is 4.83. The van der Waals surface area contributed by atoms with E-state index in [1.54, 1.807) is 6.07 Å². The number of rotatable bonds is 4. The van der Waals surface area contributed by atoms with E-state index in [2.05, 4.69) is 35.1 Å². The van der Waals surface area contributed by atoms with Gasteiger partial charge >= 0.3 is 0 Å². The lowest BCUT2D eigenvalue weighted by Crippen LogP contribution is -2.22. The SMILES string of the molecule is CC(NC(C)c1ccc(F)cc1Br)c1cccc(Cl)c1. The molecule has 2 rings (SSSR count). The summed E-state index contributed by atoms with van der Waals surface area (Å²) in [5.74, 6) is -0.240. The summed E-state index contributed by atoms with van der Waals surface area (Å²) in [6.45, 7) is 4.14. The van der Waals surface area contributed by atoms with E-state index in [9.17, 15) is 4.39 Å². The first-order chi connectivity index (χ1) is 9.47. The Hall–Kier alpha value is -0.900. The van der Waals surface area contributed by atoms with E-state index >= 15 is 0 Å². The summed E-state index contributed by atoms with van der Waals surface area (Å²) < 4.78 is 13.9. The maximum Gasteiger partial charge on any atom is 0.124 e. The van der Waals surface area contributed by atoms with Crippen LogP contribution in [0.2, 0.25) is 5.02 Å². The first-order valence-electron chi connectivity index (χ1n) is 6.44. The average Bonchev–Trinajstić information content (AvgIpc) is 2.38. The standard InChI is InChI=1S/C16H16BrClFN/c1-10(12-4-3-5-13(18)8-12)20-11(2)15-7-6-14(19)9-16(15)17/h3-11,20H,1-2H3. The van der Waals surface area contributed by atoms with Crippen molar-refractivity contribution in [1.29, 1.82) is 0 Å². The van der Waals surface area contributed by atoms with Crippen molar-refractivity contribution in [3.8, 4) is 0 Å². The molecule has 2 atom stereocenters. The second kappa shape index (κ2) is 6.70. The maximum absolute atomic E-state index is 13.1. The highest BCUT2D eigenvalue weighted by atomic mass is 79.9. The fraction of sp³-hybridized carbons (Fsp3) is 0.250. The van der Waals surface area contributed by atoms with Crippen LogP contribution in [0.3, 0.4) is 0 Å². The summed E-state index contributed by atoms with van der Waals surface area (Å²) in [5, 5.41) is 4.22. The quantitative estimate of drug-likeness (QED) is 0.746. The number of hydrogen-bond acceptors (Lipinski definition) is 1. The van der Waals surface area contributed by atoms with Gasteiger partial charge in [-0.15, -0.1) is 0 Å². The van der Waals surface area contributed by atoms with Gasteiger partial charge < -0.3 is 5.32 Å². The van der Waals surface area contributed by atoms with Gasteiger partial charge in [-0.3, -0.25) is 0 Å². The molecule has 0 heterocycles. The van der Waals surface area contributed by atoms with Crippen LogP contribution in [0, 0.1) is 5.82 Å². The van der Waals surface area contributed by atoms with Crippen LogP contribution in [0.5, 0.6) is 0 Å². The van der Waals surface area contributed by atoms with Crippen LogP contribution >= 0.6 is 27.5 Å². The lowest BCUT2D eigenvalue weighted by atomic mass is 10.0. The van der Waals surface area contributed by atoms with Crippen molar-refractivity contribution in [3.63, 3.8) is 0 Å². The topological polar surface area (TPSA) is 12.0 Å². The molecule has 0 saturated carbocycles.